The van der Waals surface area contributed by atoms with Crippen molar-refractivity contribution in [2.24, 2.45) is 0 Å². The number of nitrogens with zero attached hydrogens (tertiary/aromatic N) is 3. The summed E-state index contributed by atoms with van der Waals surface area (Å²) >= 11 is 0. The van der Waals surface area contributed by atoms with Gasteiger partial charge in [-0.05, 0) is 26.0 Å². The van der Waals surface area contributed by atoms with Gasteiger partial charge in [0.2, 0.25) is 0 Å². The SMILES string of the molecule is CCOC(=O)N1CCN(C(=O)c2ccc([N+](=O)[O-])c(C)c2)CC1. The van der Waals surface area contributed by atoms with E-state index >= 15 is 0 Å². The molecule has 0 spiro atoms. The second kappa shape index (κ2) is 7.08. The molecule has 1 aliphatic heterocycles. The Bertz CT molecular complexity index is 624. The van der Waals surface area contributed by atoms with Crippen LogP contribution in [0, 0.1) is 17.0 Å². The van der Waals surface area contributed by atoms with E-state index in [-0.39, 0.29) is 17.7 Å². The average Bonchev–Trinajstić information content (AvgIpc) is 2.54. The van der Waals surface area contributed by atoms with E-state index in [4.69, 9.17) is 4.74 Å². The lowest BCUT2D eigenvalue weighted by atomic mass is 10.1. The number of nitro groups is 1. The van der Waals surface area contributed by atoms with E-state index in [0.717, 1.165) is 0 Å². The Hall–Kier alpha value is -2.64. The van der Waals surface area contributed by atoms with Crippen molar-refractivity contribution in [3.63, 3.8) is 0 Å². The van der Waals surface area contributed by atoms with Crippen molar-refractivity contribution >= 4 is 17.7 Å². The van der Waals surface area contributed by atoms with Crippen molar-refractivity contribution in [2.75, 3.05) is 32.8 Å². The van der Waals surface area contributed by atoms with Gasteiger partial charge < -0.3 is 14.5 Å². The van der Waals surface area contributed by atoms with Gasteiger partial charge in [0.25, 0.3) is 11.6 Å². The van der Waals surface area contributed by atoms with Crippen LogP contribution < -0.4 is 0 Å². The van der Waals surface area contributed by atoms with Crippen LogP contribution in [-0.2, 0) is 4.74 Å². The highest BCUT2D eigenvalue weighted by Gasteiger charge is 2.26. The van der Waals surface area contributed by atoms with Crippen LogP contribution in [0.5, 0.6) is 0 Å². The molecule has 0 bridgehead atoms. The van der Waals surface area contributed by atoms with Crippen molar-refractivity contribution in [1.82, 2.24) is 9.80 Å². The maximum atomic E-state index is 12.5. The zero-order chi connectivity index (χ0) is 17.0. The van der Waals surface area contributed by atoms with E-state index in [0.29, 0.717) is 43.9 Å². The Morgan fingerprint density at radius 1 is 1.22 bits per heavy atom. The van der Waals surface area contributed by atoms with Crippen molar-refractivity contribution in [3.05, 3.63) is 39.4 Å². The maximum Gasteiger partial charge on any atom is 0.409 e. The van der Waals surface area contributed by atoms with Gasteiger partial charge in [0.05, 0.1) is 11.5 Å². The highest BCUT2D eigenvalue weighted by molar-refractivity contribution is 5.95. The number of aryl methyl sites for hydroxylation is 1. The van der Waals surface area contributed by atoms with E-state index in [1.807, 2.05) is 0 Å². The molecule has 2 rings (SSSR count). The Labute approximate surface area is 133 Å². The zero-order valence-electron chi connectivity index (χ0n) is 13.2. The molecule has 0 saturated carbocycles. The Morgan fingerprint density at radius 2 is 1.83 bits per heavy atom. The summed E-state index contributed by atoms with van der Waals surface area (Å²) in [5.41, 5.74) is 0.859. The summed E-state index contributed by atoms with van der Waals surface area (Å²) in [6.45, 7) is 5.32. The number of benzene rings is 1. The summed E-state index contributed by atoms with van der Waals surface area (Å²) in [6, 6.07) is 4.33. The van der Waals surface area contributed by atoms with Gasteiger partial charge in [-0.15, -0.1) is 0 Å². The van der Waals surface area contributed by atoms with E-state index in [1.54, 1.807) is 23.6 Å². The molecule has 124 valence electrons. The third kappa shape index (κ3) is 3.77. The molecule has 0 N–H and O–H groups in total. The largest absolute Gasteiger partial charge is 0.450 e. The van der Waals surface area contributed by atoms with Crippen molar-refractivity contribution in [3.8, 4) is 0 Å². The van der Waals surface area contributed by atoms with Crippen LogP contribution in [-0.4, -0.2) is 59.5 Å². The number of nitro benzene ring substituents is 1. The van der Waals surface area contributed by atoms with E-state index in [9.17, 15) is 19.7 Å². The molecule has 2 amide bonds. The summed E-state index contributed by atoms with van der Waals surface area (Å²) in [5, 5.41) is 10.8. The molecule has 1 aromatic rings. The minimum absolute atomic E-state index is 0.00585. The first-order valence-electron chi connectivity index (χ1n) is 7.40. The fourth-order valence-corrected chi connectivity index (χ4v) is 2.48. The molecule has 0 atom stereocenters. The summed E-state index contributed by atoms with van der Waals surface area (Å²) in [5.74, 6) is -0.188. The highest BCUT2D eigenvalue weighted by Crippen LogP contribution is 2.20. The molecule has 0 aliphatic carbocycles. The molecule has 0 unspecified atom stereocenters. The predicted molar refractivity (Wildman–Crippen MR) is 82.3 cm³/mol. The fourth-order valence-electron chi connectivity index (χ4n) is 2.48. The average molecular weight is 321 g/mol. The molecule has 1 fully saturated rings. The first kappa shape index (κ1) is 16.7. The third-order valence-corrected chi connectivity index (χ3v) is 3.73. The molecular weight excluding hydrogens is 302 g/mol. The number of carbonyl (C=O) groups is 2. The molecule has 0 radical (unpaired) electrons. The first-order valence-corrected chi connectivity index (χ1v) is 7.40. The van der Waals surface area contributed by atoms with E-state index in [2.05, 4.69) is 0 Å². The first-order chi connectivity index (χ1) is 10.9. The second-order valence-electron chi connectivity index (χ2n) is 5.24. The van der Waals surface area contributed by atoms with Crippen molar-refractivity contribution in [2.45, 2.75) is 13.8 Å². The van der Waals surface area contributed by atoms with Crippen LogP contribution in [0.3, 0.4) is 0 Å². The number of ether oxygens (including phenoxy) is 1. The van der Waals surface area contributed by atoms with Gasteiger partial charge >= 0.3 is 6.09 Å². The van der Waals surface area contributed by atoms with Gasteiger partial charge in [0.15, 0.2) is 0 Å². The number of hydrogen-bond acceptors (Lipinski definition) is 5. The minimum Gasteiger partial charge on any atom is -0.450 e. The lowest BCUT2D eigenvalue weighted by Crippen LogP contribution is -2.50. The minimum atomic E-state index is -0.471. The van der Waals surface area contributed by atoms with Crippen LogP contribution in [0.2, 0.25) is 0 Å². The summed E-state index contributed by atoms with van der Waals surface area (Å²) in [7, 11) is 0. The van der Waals surface area contributed by atoms with Crippen LogP contribution >= 0.6 is 0 Å². The molecule has 8 nitrogen and oxygen atoms in total. The number of rotatable bonds is 3. The van der Waals surface area contributed by atoms with Crippen molar-refractivity contribution in [1.29, 1.82) is 0 Å². The summed E-state index contributed by atoms with van der Waals surface area (Å²) in [4.78, 5) is 37.6. The van der Waals surface area contributed by atoms with Gasteiger partial charge in [-0.25, -0.2) is 4.79 Å². The van der Waals surface area contributed by atoms with Gasteiger partial charge in [0.1, 0.15) is 0 Å². The van der Waals surface area contributed by atoms with Crippen LogP contribution in [0.1, 0.15) is 22.8 Å². The van der Waals surface area contributed by atoms with Crippen LogP contribution in [0.25, 0.3) is 0 Å². The predicted octanol–water partition coefficient (Wildman–Crippen LogP) is 1.82. The molecule has 23 heavy (non-hydrogen) atoms. The van der Waals surface area contributed by atoms with Gasteiger partial charge in [0, 0.05) is 43.4 Å². The Balaban J connectivity index is 2.01. The quantitative estimate of drug-likeness (QED) is 0.625. The van der Waals surface area contributed by atoms with Crippen LogP contribution in [0.15, 0.2) is 18.2 Å². The number of carbonyl (C=O) groups excluding carboxylic acids is 2. The van der Waals surface area contributed by atoms with Gasteiger partial charge in [-0.2, -0.15) is 0 Å². The molecule has 1 aliphatic rings. The van der Waals surface area contributed by atoms with E-state index < -0.39 is 4.92 Å². The zero-order valence-corrected chi connectivity index (χ0v) is 13.2. The lowest BCUT2D eigenvalue weighted by Gasteiger charge is -2.34. The topological polar surface area (TPSA) is 93.0 Å². The van der Waals surface area contributed by atoms with Gasteiger partial charge in [-0.3, -0.25) is 14.9 Å². The maximum absolute atomic E-state index is 12.5. The fraction of sp³-hybridized carbons (Fsp3) is 0.467. The molecule has 1 aromatic carbocycles. The molecule has 8 heteroatoms. The Kier molecular flexibility index (Phi) is 5.15. The monoisotopic (exact) mass is 321 g/mol. The molecule has 1 saturated heterocycles. The van der Waals surface area contributed by atoms with Gasteiger partial charge in [-0.1, -0.05) is 0 Å². The van der Waals surface area contributed by atoms with Crippen LogP contribution in [0.4, 0.5) is 10.5 Å². The number of amides is 2. The standard InChI is InChI=1S/C15H19N3O5/c1-3-23-15(20)17-8-6-16(7-9-17)14(19)12-4-5-13(18(21)22)11(2)10-12/h4-5,10H,3,6-9H2,1-2H3. The summed E-state index contributed by atoms with van der Waals surface area (Å²) in [6.07, 6.45) is -0.370. The smallest absolute Gasteiger partial charge is 0.409 e. The number of piperazine rings is 1. The Morgan fingerprint density at radius 3 is 2.35 bits per heavy atom. The molecule has 0 aromatic heterocycles. The van der Waals surface area contributed by atoms with Crippen molar-refractivity contribution < 1.29 is 19.2 Å². The normalized spacial score (nSPS) is 14.5. The summed E-state index contributed by atoms with van der Waals surface area (Å²) < 4.78 is 4.93. The number of hydrogen-bond donors (Lipinski definition) is 0. The third-order valence-electron chi connectivity index (χ3n) is 3.73. The molecular formula is C15H19N3O5. The molecule has 1 heterocycles. The highest BCUT2D eigenvalue weighted by atomic mass is 16.6. The second-order valence-corrected chi connectivity index (χ2v) is 5.24. The van der Waals surface area contributed by atoms with E-state index in [1.165, 1.54) is 18.2 Å². The lowest BCUT2D eigenvalue weighted by molar-refractivity contribution is -0.385.